The maximum absolute atomic E-state index is 13.1. The molecule has 1 heterocycles. The summed E-state index contributed by atoms with van der Waals surface area (Å²) < 4.78 is 6.52. The highest BCUT2D eigenvalue weighted by atomic mass is 16.5. The first-order valence-corrected chi connectivity index (χ1v) is 12.2. The second-order valence-corrected chi connectivity index (χ2v) is 8.91. The summed E-state index contributed by atoms with van der Waals surface area (Å²) in [6, 6.07) is 16.5. The molecule has 0 bridgehead atoms. The van der Waals surface area contributed by atoms with Crippen LogP contribution in [0, 0.1) is 13.8 Å². The van der Waals surface area contributed by atoms with Gasteiger partial charge in [-0.15, -0.1) is 0 Å². The third kappa shape index (κ3) is 4.51. The van der Waals surface area contributed by atoms with Crippen molar-refractivity contribution in [2.75, 3.05) is 13.1 Å². The number of benzene rings is 3. The Kier molecular flexibility index (Phi) is 7.18. The Morgan fingerprint density at radius 2 is 1.79 bits per heavy atom. The SMILES string of the molecule is CC/C=c1/cc2c(cc1C)=C(c1ccccc1C(=O)NCCN)c1cc(C)c(CCC)cc1O2. The van der Waals surface area contributed by atoms with Gasteiger partial charge in [0.05, 0.1) is 0 Å². The van der Waals surface area contributed by atoms with Crippen LogP contribution in [0.25, 0.3) is 11.6 Å². The molecule has 0 unspecified atom stereocenters. The van der Waals surface area contributed by atoms with Crippen LogP contribution in [0.15, 0.2) is 48.5 Å². The van der Waals surface area contributed by atoms with E-state index in [4.69, 9.17) is 10.5 Å². The summed E-state index contributed by atoms with van der Waals surface area (Å²) >= 11 is 0. The number of fused-ring (bicyclic) bond motifs is 2. The molecule has 0 spiro atoms. The third-order valence-corrected chi connectivity index (χ3v) is 6.38. The zero-order valence-electron chi connectivity index (χ0n) is 20.6. The highest BCUT2D eigenvalue weighted by molar-refractivity contribution is 6.02. The number of carbonyl (C=O) groups is 1. The lowest BCUT2D eigenvalue weighted by atomic mass is 9.87. The van der Waals surface area contributed by atoms with Crippen LogP contribution in [0.5, 0.6) is 11.5 Å². The van der Waals surface area contributed by atoms with Gasteiger partial charge in [0.2, 0.25) is 0 Å². The van der Waals surface area contributed by atoms with Crippen molar-refractivity contribution in [3.05, 3.63) is 92.3 Å². The van der Waals surface area contributed by atoms with Crippen LogP contribution in [0.4, 0.5) is 0 Å². The lowest BCUT2D eigenvalue weighted by molar-refractivity contribution is 0.0954. The van der Waals surface area contributed by atoms with Crippen molar-refractivity contribution < 1.29 is 9.53 Å². The van der Waals surface area contributed by atoms with Crippen LogP contribution >= 0.6 is 0 Å². The van der Waals surface area contributed by atoms with Gasteiger partial charge in [-0.1, -0.05) is 44.5 Å². The molecule has 0 saturated heterocycles. The fraction of sp³-hybridized carbons (Fsp3) is 0.300. The van der Waals surface area contributed by atoms with Gasteiger partial charge in [0.25, 0.3) is 5.91 Å². The van der Waals surface area contributed by atoms with Gasteiger partial charge in [0.1, 0.15) is 11.5 Å². The quantitative estimate of drug-likeness (QED) is 0.433. The average molecular weight is 455 g/mol. The first-order chi connectivity index (χ1) is 16.5. The molecule has 4 rings (SSSR count). The number of amides is 1. The molecule has 0 aliphatic carbocycles. The highest BCUT2D eigenvalue weighted by Gasteiger charge is 2.25. The van der Waals surface area contributed by atoms with Crippen LogP contribution < -0.4 is 26.2 Å². The molecule has 3 aromatic carbocycles. The van der Waals surface area contributed by atoms with E-state index in [-0.39, 0.29) is 5.91 Å². The van der Waals surface area contributed by atoms with E-state index in [1.54, 1.807) is 0 Å². The molecule has 3 aromatic rings. The van der Waals surface area contributed by atoms with Crippen molar-refractivity contribution in [2.45, 2.75) is 47.0 Å². The van der Waals surface area contributed by atoms with E-state index >= 15 is 0 Å². The van der Waals surface area contributed by atoms with E-state index in [0.29, 0.717) is 18.7 Å². The van der Waals surface area contributed by atoms with Crippen molar-refractivity contribution in [2.24, 2.45) is 5.73 Å². The van der Waals surface area contributed by atoms with E-state index < -0.39 is 0 Å². The largest absolute Gasteiger partial charge is 0.456 e. The summed E-state index contributed by atoms with van der Waals surface area (Å²) in [6.07, 6.45) is 5.26. The van der Waals surface area contributed by atoms with Crippen molar-refractivity contribution in [1.82, 2.24) is 5.32 Å². The molecule has 0 radical (unpaired) electrons. The Bertz CT molecular complexity index is 1350. The van der Waals surface area contributed by atoms with E-state index in [1.165, 1.54) is 21.9 Å². The molecular weight excluding hydrogens is 420 g/mol. The summed E-state index contributed by atoms with van der Waals surface area (Å²) in [5.41, 5.74) is 13.0. The van der Waals surface area contributed by atoms with Crippen molar-refractivity contribution in [3.8, 4) is 11.5 Å². The molecule has 34 heavy (non-hydrogen) atoms. The highest BCUT2D eigenvalue weighted by Crippen LogP contribution is 2.39. The third-order valence-electron chi connectivity index (χ3n) is 6.38. The Hall–Kier alpha value is -3.37. The lowest BCUT2D eigenvalue weighted by Crippen LogP contribution is -2.30. The second-order valence-electron chi connectivity index (χ2n) is 8.91. The monoisotopic (exact) mass is 454 g/mol. The van der Waals surface area contributed by atoms with E-state index in [9.17, 15) is 4.79 Å². The zero-order chi connectivity index (χ0) is 24.2. The molecule has 0 aromatic heterocycles. The number of hydrogen-bond donors (Lipinski definition) is 2. The maximum Gasteiger partial charge on any atom is 0.251 e. The van der Waals surface area contributed by atoms with Crippen molar-refractivity contribution in [3.63, 3.8) is 0 Å². The fourth-order valence-electron chi connectivity index (χ4n) is 4.71. The summed E-state index contributed by atoms with van der Waals surface area (Å²) in [5.74, 6) is 1.56. The van der Waals surface area contributed by atoms with Gasteiger partial charge in [-0.3, -0.25) is 4.79 Å². The minimum Gasteiger partial charge on any atom is -0.456 e. The van der Waals surface area contributed by atoms with Crippen LogP contribution in [0.3, 0.4) is 0 Å². The number of nitrogens with one attached hydrogen (secondary N) is 1. The molecule has 4 nitrogen and oxygen atoms in total. The number of hydrogen-bond acceptors (Lipinski definition) is 3. The number of rotatable bonds is 7. The molecule has 0 atom stereocenters. The normalized spacial score (nSPS) is 12.7. The number of aryl methyl sites for hydroxylation is 3. The number of nitrogens with two attached hydrogens (primary N) is 1. The minimum absolute atomic E-state index is 0.116. The average Bonchev–Trinajstić information content (AvgIpc) is 2.83. The molecule has 3 N–H and O–H groups in total. The zero-order valence-corrected chi connectivity index (χ0v) is 20.6. The van der Waals surface area contributed by atoms with Gasteiger partial charge >= 0.3 is 0 Å². The molecule has 1 aliphatic heterocycles. The summed E-state index contributed by atoms with van der Waals surface area (Å²) in [4.78, 5) is 13.1. The van der Waals surface area contributed by atoms with Crippen molar-refractivity contribution in [1.29, 1.82) is 0 Å². The van der Waals surface area contributed by atoms with E-state index in [0.717, 1.165) is 52.7 Å². The first-order valence-electron chi connectivity index (χ1n) is 12.2. The molecule has 0 fully saturated rings. The summed E-state index contributed by atoms with van der Waals surface area (Å²) in [5, 5.41) is 5.13. The van der Waals surface area contributed by atoms with Crippen LogP contribution in [-0.4, -0.2) is 19.0 Å². The van der Waals surface area contributed by atoms with Gasteiger partial charge in [0, 0.05) is 35.0 Å². The Balaban J connectivity index is 2.06. The molecule has 4 heteroatoms. The second kappa shape index (κ2) is 10.3. The van der Waals surface area contributed by atoms with Crippen molar-refractivity contribution >= 4 is 17.6 Å². The maximum atomic E-state index is 13.1. The summed E-state index contributed by atoms with van der Waals surface area (Å²) in [7, 11) is 0. The van der Waals surface area contributed by atoms with Gasteiger partial charge in [-0.2, -0.15) is 0 Å². The molecule has 0 saturated carbocycles. The smallest absolute Gasteiger partial charge is 0.251 e. The van der Waals surface area contributed by atoms with E-state index in [1.807, 2.05) is 24.3 Å². The standard InChI is InChI=1S/C30H34N2O2/c1-5-9-21-17-27-25(15-19(21)3)29(23-11-7-8-12-24(23)30(33)32-14-13-31)26-16-20(4)22(10-6-2)18-28(26)34-27/h7-9,11-12,15-18H,5-6,10,13-14,31H2,1-4H3,(H,32,33)/b21-9-. The topological polar surface area (TPSA) is 64.4 Å². The van der Waals surface area contributed by atoms with Gasteiger partial charge in [-0.05, 0) is 84.5 Å². The lowest BCUT2D eigenvalue weighted by Gasteiger charge is -2.24. The summed E-state index contributed by atoms with van der Waals surface area (Å²) in [6.45, 7) is 9.46. The van der Waals surface area contributed by atoms with E-state index in [2.05, 4.69) is 63.4 Å². The van der Waals surface area contributed by atoms with Crippen LogP contribution in [0.2, 0.25) is 0 Å². The van der Waals surface area contributed by atoms with Gasteiger partial charge in [0.15, 0.2) is 0 Å². The van der Waals surface area contributed by atoms with Crippen LogP contribution in [0.1, 0.15) is 64.9 Å². The number of carbonyl (C=O) groups excluding carboxylic acids is 1. The number of ether oxygens (including phenoxy) is 1. The minimum atomic E-state index is -0.116. The molecule has 1 amide bonds. The fourth-order valence-corrected chi connectivity index (χ4v) is 4.71. The first kappa shape index (κ1) is 23.8. The van der Waals surface area contributed by atoms with Gasteiger partial charge < -0.3 is 15.8 Å². The Morgan fingerprint density at radius 3 is 2.53 bits per heavy atom. The molecule has 176 valence electrons. The van der Waals surface area contributed by atoms with Crippen LogP contribution in [-0.2, 0) is 6.42 Å². The Labute approximate surface area is 202 Å². The van der Waals surface area contributed by atoms with Gasteiger partial charge in [-0.25, -0.2) is 0 Å². The molecule has 1 aliphatic rings. The Morgan fingerprint density at radius 1 is 1.00 bits per heavy atom. The predicted octanol–water partition coefficient (Wildman–Crippen LogP) is 4.49. The predicted molar refractivity (Wildman–Crippen MR) is 140 cm³/mol. The molecular formula is C30H34N2O2.